The standard InChI is InChI=1S/C26H24F3N5O2/c27-26(28,29)36-21-15-11-17(12-16-21)22-7-4-8-23-32-25(33-34(22)23)31-20-13-9-18(10-14-20)24(35)30-19-5-2-1-3-6-19/h4,7-16,19H,1-3,5-6H2,(H,30,35)(H,31,33). The Morgan fingerprint density at radius 2 is 1.67 bits per heavy atom. The largest absolute Gasteiger partial charge is 0.573 e. The van der Waals surface area contributed by atoms with E-state index in [2.05, 4.69) is 25.5 Å². The fraction of sp³-hybridized carbons (Fsp3) is 0.269. The molecular formula is C26H24F3N5O2. The second-order valence-electron chi connectivity index (χ2n) is 8.70. The zero-order valence-electron chi connectivity index (χ0n) is 19.3. The molecule has 1 aliphatic rings. The molecule has 10 heteroatoms. The van der Waals surface area contributed by atoms with E-state index in [0.29, 0.717) is 28.4 Å². The number of rotatable bonds is 6. The van der Waals surface area contributed by atoms with Crippen molar-refractivity contribution in [3.05, 3.63) is 72.3 Å². The average molecular weight is 496 g/mol. The molecule has 2 aromatic carbocycles. The van der Waals surface area contributed by atoms with Gasteiger partial charge in [0, 0.05) is 22.9 Å². The van der Waals surface area contributed by atoms with Crippen LogP contribution in [0.2, 0.25) is 0 Å². The van der Waals surface area contributed by atoms with Gasteiger partial charge in [0.1, 0.15) is 5.75 Å². The molecule has 2 N–H and O–H groups in total. The van der Waals surface area contributed by atoms with Crippen LogP contribution in [0.4, 0.5) is 24.8 Å². The summed E-state index contributed by atoms with van der Waals surface area (Å²) in [5.74, 6) is -0.0234. The molecule has 36 heavy (non-hydrogen) atoms. The molecule has 7 nitrogen and oxygen atoms in total. The Morgan fingerprint density at radius 3 is 2.36 bits per heavy atom. The first kappa shape index (κ1) is 23.7. The van der Waals surface area contributed by atoms with Gasteiger partial charge >= 0.3 is 6.36 Å². The number of pyridine rings is 1. The number of alkyl halides is 3. The second-order valence-corrected chi connectivity index (χ2v) is 8.70. The second kappa shape index (κ2) is 9.88. The number of halogens is 3. The van der Waals surface area contributed by atoms with E-state index in [1.807, 2.05) is 0 Å². The molecule has 5 rings (SSSR count). The third-order valence-electron chi connectivity index (χ3n) is 6.09. The van der Waals surface area contributed by atoms with Gasteiger partial charge in [-0.15, -0.1) is 18.3 Å². The number of aromatic nitrogens is 3. The molecule has 0 aliphatic heterocycles. The van der Waals surface area contributed by atoms with Gasteiger partial charge in [0.05, 0.1) is 5.69 Å². The lowest BCUT2D eigenvalue weighted by molar-refractivity contribution is -0.274. The van der Waals surface area contributed by atoms with Crippen LogP contribution in [0.25, 0.3) is 16.9 Å². The SMILES string of the molecule is O=C(NC1CCCCC1)c1ccc(Nc2nc3cccc(-c4ccc(OC(F)(F)F)cc4)n3n2)cc1. The minimum Gasteiger partial charge on any atom is -0.406 e. The number of benzene rings is 2. The zero-order valence-corrected chi connectivity index (χ0v) is 19.3. The number of nitrogens with one attached hydrogen (secondary N) is 2. The third-order valence-corrected chi connectivity index (χ3v) is 6.09. The molecule has 2 aromatic heterocycles. The number of carbonyl (C=O) groups is 1. The summed E-state index contributed by atoms with van der Waals surface area (Å²) >= 11 is 0. The van der Waals surface area contributed by atoms with Crippen molar-refractivity contribution in [3.8, 4) is 17.0 Å². The molecule has 0 atom stereocenters. The highest BCUT2D eigenvalue weighted by atomic mass is 19.4. The van der Waals surface area contributed by atoms with Crippen molar-refractivity contribution in [2.45, 2.75) is 44.5 Å². The maximum absolute atomic E-state index is 12.5. The van der Waals surface area contributed by atoms with Gasteiger partial charge in [-0.2, -0.15) is 4.98 Å². The summed E-state index contributed by atoms with van der Waals surface area (Å²) in [5.41, 5.74) is 3.18. The number of amides is 1. The Morgan fingerprint density at radius 1 is 0.944 bits per heavy atom. The molecule has 1 aliphatic carbocycles. The predicted molar refractivity (Wildman–Crippen MR) is 129 cm³/mol. The van der Waals surface area contributed by atoms with Crippen molar-refractivity contribution in [1.29, 1.82) is 0 Å². The average Bonchev–Trinajstić information content (AvgIpc) is 3.27. The number of nitrogens with zero attached hydrogens (tertiary/aromatic N) is 3. The van der Waals surface area contributed by atoms with Gasteiger partial charge in [-0.05, 0) is 73.5 Å². The van der Waals surface area contributed by atoms with Crippen LogP contribution in [0.5, 0.6) is 5.75 Å². The van der Waals surface area contributed by atoms with Crippen molar-refractivity contribution in [2.24, 2.45) is 0 Å². The lowest BCUT2D eigenvalue weighted by Gasteiger charge is -2.22. The van der Waals surface area contributed by atoms with E-state index in [0.717, 1.165) is 31.4 Å². The van der Waals surface area contributed by atoms with Crippen molar-refractivity contribution >= 4 is 23.2 Å². The highest BCUT2D eigenvalue weighted by molar-refractivity contribution is 5.94. The van der Waals surface area contributed by atoms with Crippen LogP contribution in [-0.4, -0.2) is 32.9 Å². The molecule has 0 radical (unpaired) electrons. The fourth-order valence-corrected chi connectivity index (χ4v) is 4.35. The minimum absolute atomic E-state index is 0.0735. The molecule has 2 heterocycles. The summed E-state index contributed by atoms with van der Waals surface area (Å²) in [6.07, 6.45) is 0.843. The molecule has 0 unspecified atom stereocenters. The number of hydrogen-bond donors (Lipinski definition) is 2. The Kier molecular flexibility index (Phi) is 6.49. The molecule has 1 fully saturated rings. The topological polar surface area (TPSA) is 80.5 Å². The smallest absolute Gasteiger partial charge is 0.406 e. The van der Waals surface area contributed by atoms with Crippen LogP contribution in [0.1, 0.15) is 42.5 Å². The normalized spacial score (nSPS) is 14.5. The van der Waals surface area contributed by atoms with E-state index in [9.17, 15) is 18.0 Å². The van der Waals surface area contributed by atoms with E-state index < -0.39 is 6.36 Å². The Balaban J connectivity index is 1.29. The summed E-state index contributed by atoms with van der Waals surface area (Å²) < 4.78 is 42.9. The van der Waals surface area contributed by atoms with Crippen molar-refractivity contribution in [1.82, 2.24) is 19.9 Å². The van der Waals surface area contributed by atoms with Crippen molar-refractivity contribution < 1.29 is 22.7 Å². The molecule has 0 saturated heterocycles. The molecule has 4 aromatic rings. The number of anilines is 2. The van der Waals surface area contributed by atoms with Crippen LogP contribution in [-0.2, 0) is 0 Å². The quantitative estimate of drug-likeness (QED) is 0.338. The molecular weight excluding hydrogens is 471 g/mol. The summed E-state index contributed by atoms with van der Waals surface area (Å²) in [6, 6.07) is 18.3. The van der Waals surface area contributed by atoms with Gasteiger partial charge in [-0.3, -0.25) is 4.79 Å². The maximum Gasteiger partial charge on any atom is 0.573 e. The number of hydrogen-bond acceptors (Lipinski definition) is 5. The summed E-state index contributed by atoms with van der Waals surface area (Å²) in [4.78, 5) is 17.0. The fourth-order valence-electron chi connectivity index (χ4n) is 4.35. The summed E-state index contributed by atoms with van der Waals surface area (Å²) in [7, 11) is 0. The van der Waals surface area contributed by atoms with Crippen LogP contribution >= 0.6 is 0 Å². The molecule has 186 valence electrons. The highest BCUT2D eigenvalue weighted by Gasteiger charge is 2.31. The van der Waals surface area contributed by atoms with Crippen molar-refractivity contribution in [3.63, 3.8) is 0 Å². The molecule has 0 spiro atoms. The minimum atomic E-state index is -4.74. The summed E-state index contributed by atoms with van der Waals surface area (Å²) in [6.45, 7) is 0. The van der Waals surface area contributed by atoms with Gasteiger partial charge in [0.2, 0.25) is 5.95 Å². The van der Waals surface area contributed by atoms with Gasteiger partial charge < -0.3 is 15.4 Å². The van der Waals surface area contributed by atoms with Crippen LogP contribution in [0, 0.1) is 0 Å². The maximum atomic E-state index is 12.5. The van der Waals surface area contributed by atoms with Crippen LogP contribution < -0.4 is 15.4 Å². The predicted octanol–water partition coefficient (Wildman–Crippen LogP) is 6.10. The van der Waals surface area contributed by atoms with E-state index in [1.54, 1.807) is 47.0 Å². The van der Waals surface area contributed by atoms with Crippen LogP contribution in [0.3, 0.4) is 0 Å². The zero-order chi connectivity index (χ0) is 25.1. The van der Waals surface area contributed by atoms with E-state index in [-0.39, 0.29) is 17.7 Å². The first-order valence-electron chi connectivity index (χ1n) is 11.7. The molecule has 0 bridgehead atoms. The van der Waals surface area contributed by atoms with E-state index in [1.165, 1.54) is 30.7 Å². The van der Waals surface area contributed by atoms with Crippen LogP contribution in [0.15, 0.2) is 66.7 Å². The number of carbonyl (C=O) groups excluding carboxylic acids is 1. The monoisotopic (exact) mass is 495 g/mol. The van der Waals surface area contributed by atoms with E-state index in [4.69, 9.17) is 0 Å². The van der Waals surface area contributed by atoms with Crippen molar-refractivity contribution in [2.75, 3.05) is 5.32 Å². The lowest BCUT2D eigenvalue weighted by atomic mass is 9.95. The van der Waals surface area contributed by atoms with Gasteiger partial charge in [0.25, 0.3) is 5.91 Å². The Bertz CT molecular complexity index is 1350. The highest BCUT2D eigenvalue weighted by Crippen LogP contribution is 2.27. The summed E-state index contributed by atoms with van der Waals surface area (Å²) in [5, 5.41) is 10.7. The first-order valence-corrected chi connectivity index (χ1v) is 11.7. The molecule has 1 amide bonds. The Labute approximate surface area is 205 Å². The molecule has 1 saturated carbocycles. The third kappa shape index (κ3) is 5.59. The van der Waals surface area contributed by atoms with Gasteiger partial charge in [-0.25, -0.2) is 4.52 Å². The van der Waals surface area contributed by atoms with Gasteiger partial charge in [0.15, 0.2) is 5.65 Å². The van der Waals surface area contributed by atoms with E-state index >= 15 is 0 Å². The lowest BCUT2D eigenvalue weighted by Crippen LogP contribution is -2.36. The number of ether oxygens (including phenoxy) is 1. The number of fused-ring (bicyclic) bond motifs is 1. The van der Waals surface area contributed by atoms with Gasteiger partial charge in [-0.1, -0.05) is 25.3 Å². The first-order chi connectivity index (χ1) is 17.3. The Hall–Kier alpha value is -4.08.